The number of nitrogens with one attached hydrogen (secondary N) is 1. The average molecular weight is 321 g/mol. The van der Waals surface area contributed by atoms with Gasteiger partial charge in [-0.3, -0.25) is 14.2 Å². The number of carbonyl (C=O) groups excluding carboxylic acids is 1. The lowest BCUT2D eigenvalue weighted by molar-refractivity contribution is 0.102. The van der Waals surface area contributed by atoms with Crippen LogP contribution in [-0.2, 0) is 0 Å². The maximum absolute atomic E-state index is 12.4. The molecule has 0 saturated carbocycles. The topological polar surface area (TPSA) is 72.2 Å². The van der Waals surface area contributed by atoms with Gasteiger partial charge in [-0.25, -0.2) is 9.97 Å². The van der Waals surface area contributed by atoms with Gasteiger partial charge in [-0.15, -0.1) is 11.3 Å². The van der Waals surface area contributed by atoms with Crippen molar-refractivity contribution in [2.24, 2.45) is 0 Å². The summed E-state index contributed by atoms with van der Waals surface area (Å²) in [5.74, 6) is -0.308. The van der Waals surface area contributed by atoms with Gasteiger partial charge in [-0.2, -0.15) is 0 Å². The molecule has 23 heavy (non-hydrogen) atoms. The van der Waals surface area contributed by atoms with Crippen molar-refractivity contribution in [1.29, 1.82) is 0 Å². The summed E-state index contributed by atoms with van der Waals surface area (Å²) < 4.78 is 1.70. The highest BCUT2D eigenvalue weighted by molar-refractivity contribution is 7.13. The molecule has 0 fully saturated rings. The molecular formula is C16H11N5OS. The normalized spacial score (nSPS) is 10.8. The second kappa shape index (κ2) is 5.62. The lowest BCUT2D eigenvalue weighted by Crippen LogP contribution is -2.13. The maximum Gasteiger partial charge on any atom is 0.278 e. The van der Waals surface area contributed by atoms with Crippen LogP contribution in [0.25, 0.3) is 16.2 Å². The van der Waals surface area contributed by atoms with Crippen molar-refractivity contribution in [3.63, 3.8) is 0 Å². The van der Waals surface area contributed by atoms with Crippen LogP contribution in [0, 0.1) is 0 Å². The smallest absolute Gasteiger partial charge is 0.278 e. The van der Waals surface area contributed by atoms with Crippen LogP contribution in [-0.4, -0.2) is 25.3 Å². The Morgan fingerprint density at radius 2 is 2.09 bits per heavy atom. The van der Waals surface area contributed by atoms with E-state index < -0.39 is 0 Å². The van der Waals surface area contributed by atoms with Crippen LogP contribution in [0.2, 0.25) is 0 Å². The summed E-state index contributed by atoms with van der Waals surface area (Å²) in [4.78, 5) is 26.1. The van der Waals surface area contributed by atoms with E-state index >= 15 is 0 Å². The maximum atomic E-state index is 12.4. The fraction of sp³-hybridized carbons (Fsp3) is 0. The minimum Gasteiger partial charge on any atom is -0.319 e. The molecule has 4 aromatic rings. The van der Waals surface area contributed by atoms with Crippen LogP contribution in [0.5, 0.6) is 0 Å². The number of carbonyl (C=O) groups is 1. The summed E-state index contributed by atoms with van der Waals surface area (Å²) in [5, 5.41) is 4.80. The van der Waals surface area contributed by atoms with E-state index in [9.17, 15) is 4.79 Å². The number of nitrogens with zero attached hydrogens (tertiary/aromatic N) is 4. The first kappa shape index (κ1) is 13.6. The quantitative estimate of drug-likeness (QED) is 0.629. The Morgan fingerprint density at radius 3 is 2.87 bits per heavy atom. The minimum absolute atomic E-state index is 0.285. The Balaban J connectivity index is 1.57. The molecule has 6 nitrogen and oxygen atoms in total. The average Bonchev–Trinajstić information content (AvgIpc) is 3.25. The zero-order valence-corrected chi connectivity index (χ0v) is 12.7. The molecule has 0 spiro atoms. The van der Waals surface area contributed by atoms with Crippen molar-refractivity contribution in [2.45, 2.75) is 0 Å². The van der Waals surface area contributed by atoms with Crippen molar-refractivity contribution in [1.82, 2.24) is 19.4 Å². The van der Waals surface area contributed by atoms with E-state index in [1.165, 1.54) is 0 Å². The molecule has 1 N–H and O–H groups in total. The van der Waals surface area contributed by atoms with Crippen molar-refractivity contribution >= 4 is 28.6 Å². The molecule has 112 valence electrons. The van der Waals surface area contributed by atoms with Gasteiger partial charge in [0, 0.05) is 12.4 Å². The van der Waals surface area contributed by atoms with Crippen molar-refractivity contribution in [3.05, 3.63) is 66.3 Å². The van der Waals surface area contributed by atoms with Crippen LogP contribution in [0.15, 0.2) is 60.6 Å². The number of imidazole rings is 1. The third-order valence-electron chi connectivity index (χ3n) is 3.31. The van der Waals surface area contributed by atoms with Crippen molar-refractivity contribution in [2.75, 3.05) is 5.32 Å². The first-order valence-corrected chi connectivity index (χ1v) is 7.78. The molecule has 0 atom stereocenters. The van der Waals surface area contributed by atoms with E-state index in [1.807, 2.05) is 29.6 Å². The van der Waals surface area contributed by atoms with Gasteiger partial charge in [-0.05, 0) is 29.6 Å². The second-order valence-corrected chi connectivity index (χ2v) is 5.75. The highest BCUT2D eigenvalue weighted by atomic mass is 32.1. The van der Waals surface area contributed by atoms with Crippen molar-refractivity contribution in [3.8, 4) is 10.6 Å². The number of hydrogen-bond donors (Lipinski definition) is 1. The van der Waals surface area contributed by atoms with Gasteiger partial charge in [0.2, 0.25) is 0 Å². The first-order chi connectivity index (χ1) is 11.3. The minimum atomic E-state index is -0.308. The molecule has 0 unspecified atom stereocenters. The van der Waals surface area contributed by atoms with Gasteiger partial charge >= 0.3 is 0 Å². The summed E-state index contributed by atoms with van der Waals surface area (Å²) in [5.41, 5.74) is 2.31. The lowest BCUT2D eigenvalue weighted by Gasteiger charge is -2.04. The molecule has 0 bridgehead atoms. The summed E-state index contributed by atoms with van der Waals surface area (Å²) in [7, 11) is 0. The summed E-state index contributed by atoms with van der Waals surface area (Å²) >= 11 is 1.62. The SMILES string of the molecule is O=C(Nc1ccc(-c2cccs2)nc1)c1ncn2cccnc12. The van der Waals surface area contributed by atoms with Crippen LogP contribution in [0.3, 0.4) is 0 Å². The van der Waals surface area contributed by atoms with Crippen LogP contribution >= 0.6 is 11.3 Å². The van der Waals surface area contributed by atoms with Gasteiger partial charge in [0.15, 0.2) is 11.3 Å². The molecule has 4 aromatic heterocycles. The highest BCUT2D eigenvalue weighted by Gasteiger charge is 2.14. The fourth-order valence-corrected chi connectivity index (χ4v) is 2.93. The fourth-order valence-electron chi connectivity index (χ4n) is 2.22. The number of aromatic nitrogens is 4. The predicted molar refractivity (Wildman–Crippen MR) is 88.5 cm³/mol. The van der Waals surface area contributed by atoms with Gasteiger partial charge < -0.3 is 5.32 Å². The number of pyridine rings is 1. The van der Waals surface area contributed by atoms with E-state index in [-0.39, 0.29) is 11.6 Å². The molecule has 4 rings (SSSR count). The van der Waals surface area contributed by atoms with E-state index in [0.717, 1.165) is 10.6 Å². The summed E-state index contributed by atoms with van der Waals surface area (Å²) in [6.07, 6.45) is 6.63. The number of rotatable bonds is 3. The van der Waals surface area contributed by atoms with Crippen molar-refractivity contribution < 1.29 is 4.79 Å². The largest absolute Gasteiger partial charge is 0.319 e. The number of anilines is 1. The lowest BCUT2D eigenvalue weighted by atomic mass is 10.3. The molecule has 1 amide bonds. The second-order valence-electron chi connectivity index (χ2n) is 4.81. The zero-order chi connectivity index (χ0) is 15.6. The van der Waals surface area contributed by atoms with Crippen LogP contribution < -0.4 is 5.32 Å². The molecule has 0 aromatic carbocycles. The molecule has 0 radical (unpaired) electrons. The number of thiophene rings is 1. The van der Waals surface area contributed by atoms with E-state index in [2.05, 4.69) is 20.3 Å². The molecule has 4 heterocycles. The Morgan fingerprint density at radius 1 is 1.13 bits per heavy atom. The van der Waals surface area contributed by atoms with Gasteiger partial charge in [0.1, 0.15) is 6.33 Å². The standard InChI is InChI=1S/C16H11N5OS/c22-16(14-15-17-6-2-7-21(15)10-19-14)20-11-4-5-12(18-9-11)13-3-1-8-23-13/h1-10H,(H,20,22). The van der Waals surface area contributed by atoms with E-state index in [0.29, 0.717) is 11.3 Å². The number of hydrogen-bond acceptors (Lipinski definition) is 5. The molecule has 0 aliphatic heterocycles. The van der Waals surface area contributed by atoms with Gasteiger partial charge in [0.05, 0.1) is 22.5 Å². The Kier molecular flexibility index (Phi) is 3.32. The van der Waals surface area contributed by atoms with E-state index in [1.54, 1.807) is 46.7 Å². The Hall–Kier alpha value is -3.06. The third-order valence-corrected chi connectivity index (χ3v) is 4.20. The molecular weight excluding hydrogens is 310 g/mol. The Labute approximate surface area is 135 Å². The predicted octanol–water partition coefficient (Wildman–Crippen LogP) is 3.11. The van der Waals surface area contributed by atoms with Crippen LogP contribution in [0.4, 0.5) is 5.69 Å². The summed E-state index contributed by atoms with van der Waals surface area (Å²) in [6, 6.07) is 9.47. The molecule has 0 aliphatic carbocycles. The van der Waals surface area contributed by atoms with Crippen LogP contribution in [0.1, 0.15) is 10.5 Å². The number of amides is 1. The summed E-state index contributed by atoms with van der Waals surface area (Å²) in [6.45, 7) is 0. The number of fused-ring (bicyclic) bond motifs is 1. The molecule has 7 heteroatoms. The first-order valence-electron chi connectivity index (χ1n) is 6.90. The van der Waals surface area contributed by atoms with Gasteiger partial charge in [-0.1, -0.05) is 6.07 Å². The van der Waals surface area contributed by atoms with E-state index in [4.69, 9.17) is 0 Å². The molecule has 0 aliphatic rings. The zero-order valence-electron chi connectivity index (χ0n) is 11.9. The Bertz CT molecular complexity index is 960. The molecule has 0 saturated heterocycles. The monoisotopic (exact) mass is 321 g/mol. The third kappa shape index (κ3) is 2.58. The highest BCUT2D eigenvalue weighted by Crippen LogP contribution is 2.23. The van der Waals surface area contributed by atoms with Gasteiger partial charge in [0.25, 0.3) is 5.91 Å².